The van der Waals surface area contributed by atoms with Crippen LogP contribution in [0.25, 0.3) is 11.2 Å². The van der Waals surface area contributed by atoms with E-state index >= 15 is 0 Å². The summed E-state index contributed by atoms with van der Waals surface area (Å²) >= 11 is 0. The van der Waals surface area contributed by atoms with Gasteiger partial charge in [-0.3, -0.25) is 14.3 Å². The van der Waals surface area contributed by atoms with Crippen molar-refractivity contribution in [1.29, 1.82) is 0 Å². The second-order valence-electron chi connectivity index (χ2n) is 5.03. The topological polar surface area (TPSA) is 212 Å². The Kier molecular flexibility index (Phi) is 8.46. The average Bonchev–Trinajstić information content (AvgIpc) is 3.00. The average molecular weight is 407 g/mol. The number of ether oxygens (including phenoxy) is 1. The van der Waals surface area contributed by atoms with Crippen LogP contribution in [0.3, 0.4) is 0 Å². The van der Waals surface area contributed by atoms with Crippen LogP contribution in [0.2, 0.25) is 0 Å². The van der Waals surface area contributed by atoms with E-state index in [1.54, 1.807) is 0 Å². The molecule has 0 spiro atoms. The molecule has 2 aromatic heterocycles. The van der Waals surface area contributed by atoms with Gasteiger partial charge in [0.1, 0.15) is 18.3 Å². The van der Waals surface area contributed by atoms with Crippen LogP contribution in [0.15, 0.2) is 11.1 Å². The van der Waals surface area contributed by atoms with Crippen LogP contribution in [0.4, 0.5) is 5.95 Å². The molecule has 1 aliphatic heterocycles. The number of aromatic nitrogens is 4. The number of hydrogen-bond donors (Lipinski definition) is 4. The predicted octanol–water partition coefficient (Wildman–Crippen LogP) is -9.83. The first-order valence-corrected chi connectivity index (χ1v) is 8.04. The SMILES string of the molecule is Nc1nc2c(ncn2[C@@H]2O[C@H](CO)C(OP(=O)([O-])[O-])C2O)c(=O)[nH]1.[Na+].[Na+]. The predicted molar refractivity (Wildman–Crippen MR) is 72.0 cm³/mol. The second-order valence-corrected chi connectivity index (χ2v) is 6.14. The van der Waals surface area contributed by atoms with Crippen LogP contribution in [0.1, 0.15) is 6.23 Å². The Morgan fingerprint density at radius 2 is 2.12 bits per heavy atom. The maximum atomic E-state index is 11.7. The van der Waals surface area contributed by atoms with Crippen LogP contribution < -0.4 is 80.2 Å². The number of aliphatic hydroxyl groups is 2. The van der Waals surface area contributed by atoms with E-state index in [-0.39, 0.29) is 76.2 Å². The largest absolute Gasteiger partial charge is 1.00 e. The Morgan fingerprint density at radius 1 is 1.46 bits per heavy atom. The van der Waals surface area contributed by atoms with E-state index in [2.05, 4.69) is 19.5 Å². The Bertz CT molecular complexity index is 871. The summed E-state index contributed by atoms with van der Waals surface area (Å²) in [5.41, 5.74) is 4.70. The number of aromatic amines is 1. The zero-order chi connectivity index (χ0) is 17.6. The van der Waals surface area contributed by atoms with Crippen molar-refractivity contribution in [2.24, 2.45) is 0 Å². The second kappa shape index (κ2) is 9.09. The molecule has 1 fully saturated rings. The normalized spacial score (nSPS) is 25.7. The van der Waals surface area contributed by atoms with Crippen molar-refractivity contribution in [3.63, 3.8) is 0 Å². The molecule has 0 aliphatic carbocycles. The zero-order valence-electron chi connectivity index (χ0n) is 13.8. The van der Waals surface area contributed by atoms with Gasteiger partial charge in [-0.25, -0.2) is 4.98 Å². The quantitative estimate of drug-likeness (QED) is 0.276. The molecule has 0 aromatic carbocycles. The monoisotopic (exact) mass is 407 g/mol. The fraction of sp³-hybridized carbons (Fsp3) is 0.500. The third-order valence-electron chi connectivity index (χ3n) is 3.46. The molecule has 2 unspecified atom stereocenters. The molecule has 0 bridgehead atoms. The first kappa shape index (κ1) is 24.2. The molecule has 0 amide bonds. The fourth-order valence-corrected chi connectivity index (χ4v) is 3.06. The molecular formula is C10H12N5Na2O8P. The number of nitrogen functional groups attached to an aromatic ring is 1. The molecule has 1 saturated heterocycles. The molecule has 1 aliphatic rings. The molecule has 16 heteroatoms. The molecule has 0 radical (unpaired) electrons. The number of rotatable bonds is 4. The Labute approximate surface area is 189 Å². The molecule has 13 nitrogen and oxygen atoms in total. The van der Waals surface area contributed by atoms with Crippen molar-refractivity contribution >= 4 is 24.9 Å². The van der Waals surface area contributed by atoms with Crippen molar-refractivity contribution in [2.45, 2.75) is 24.5 Å². The molecule has 5 N–H and O–H groups in total. The number of fused-ring (bicyclic) bond motifs is 1. The number of anilines is 1. The van der Waals surface area contributed by atoms with E-state index in [9.17, 15) is 29.4 Å². The van der Waals surface area contributed by atoms with Crippen molar-refractivity contribution in [1.82, 2.24) is 19.5 Å². The minimum Gasteiger partial charge on any atom is -0.790 e. The number of aliphatic hydroxyl groups excluding tert-OH is 2. The third-order valence-corrected chi connectivity index (χ3v) is 3.97. The van der Waals surface area contributed by atoms with Gasteiger partial charge in [-0.1, -0.05) is 0 Å². The van der Waals surface area contributed by atoms with Gasteiger partial charge in [-0.05, 0) is 0 Å². The third kappa shape index (κ3) is 4.75. The van der Waals surface area contributed by atoms with Crippen molar-refractivity contribution in [2.75, 3.05) is 12.3 Å². The van der Waals surface area contributed by atoms with Gasteiger partial charge in [0.2, 0.25) is 5.95 Å². The number of imidazole rings is 1. The maximum absolute atomic E-state index is 11.7. The number of phosphoric acid groups is 1. The number of nitrogens with one attached hydrogen (secondary N) is 1. The van der Waals surface area contributed by atoms with Crippen LogP contribution in [-0.2, 0) is 13.8 Å². The molecule has 26 heavy (non-hydrogen) atoms. The summed E-state index contributed by atoms with van der Waals surface area (Å²) in [6, 6.07) is 0. The van der Waals surface area contributed by atoms with E-state index in [0.29, 0.717) is 0 Å². The van der Waals surface area contributed by atoms with E-state index in [1.807, 2.05) is 0 Å². The number of nitrogens with zero attached hydrogens (tertiary/aromatic N) is 3. The summed E-state index contributed by atoms with van der Waals surface area (Å²) in [7, 11) is -5.44. The number of phosphoric ester groups is 1. The minimum atomic E-state index is -5.44. The van der Waals surface area contributed by atoms with Crippen molar-refractivity contribution < 1.29 is 92.9 Å². The Morgan fingerprint density at radius 3 is 2.69 bits per heavy atom. The van der Waals surface area contributed by atoms with Crippen LogP contribution in [0.5, 0.6) is 0 Å². The summed E-state index contributed by atoms with van der Waals surface area (Å²) in [6.07, 6.45) is -4.77. The summed E-state index contributed by atoms with van der Waals surface area (Å²) < 4.78 is 21.5. The van der Waals surface area contributed by atoms with E-state index < -0.39 is 44.5 Å². The standard InChI is InChI=1S/C10H14N5O8P.2Na/c11-10-13-7-4(8(18)14-10)12-2-15(7)9-5(17)6(3(1-16)22-9)23-24(19,20)21;;/h2-3,5-6,9,16-17H,1H2,(H2,19,20,21)(H3,11,13,14,18);;/q;2*+1/p-2/t3-,5?,6?,9-;;/m1../s1. The van der Waals surface area contributed by atoms with Crippen molar-refractivity contribution in [3.8, 4) is 0 Å². The molecular weight excluding hydrogens is 395 g/mol. The Balaban J connectivity index is 0.00000169. The number of hydrogen-bond acceptors (Lipinski definition) is 11. The number of H-pyrrole nitrogens is 1. The molecule has 4 atom stereocenters. The first-order chi connectivity index (χ1) is 11.2. The van der Waals surface area contributed by atoms with Gasteiger partial charge in [0.15, 0.2) is 17.4 Å². The summed E-state index contributed by atoms with van der Waals surface area (Å²) in [6.45, 7) is -0.721. The summed E-state index contributed by atoms with van der Waals surface area (Å²) in [5, 5.41) is 19.5. The molecule has 3 rings (SSSR count). The smallest absolute Gasteiger partial charge is 0.790 e. The van der Waals surface area contributed by atoms with Crippen LogP contribution in [0, 0.1) is 0 Å². The van der Waals surface area contributed by atoms with Gasteiger partial charge in [0.25, 0.3) is 5.56 Å². The number of nitrogens with two attached hydrogens (primary N) is 1. The minimum absolute atomic E-state index is 0. The van der Waals surface area contributed by atoms with Gasteiger partial charge in [0.05, 0.1) is 20.8 Å². The molecule has 0 saturated carbocycles. The van der Waals surface area contributed by atoms with E-state index in [0.717, 1.165) is 10.9 Å². The molecule has 2 aromatic rings. The molecule has 132 valence electrons. The van der Waals surface area contributed by atoms with Crippen LogP contribution in [-0.4, -0.2) is 54.7 Å². The first-order valence-electron chi connectivity index (χ1n) is 6.58. The van der Waals surface area contributed by atoms with Gasteiger partial charge >= 0.3 is 59.1 Å². The van der Waals surface area contributed by atoms with Gasteiger partial charge in [0, 0.05) is 0 Å². The maximum Gasteiger partial charge on any atom is 1.00 e. The van der Waals surface area contributed by atoms with E-state index in [1.165, 1.54) is 0 Å². The van der Waals surface area contributed by atoms with E-state index in [4.69, 9.17) is 10.5 Å². The molecule has 3 heterocycles. The van der Waals surface area contributed by atoms with Crippen molar-refractivity contribution in [3.05, 3.63) is 16.7 Å². The zero-order valence-corrected chi connectivity index (χ0v) is 18.7. The summed E-state index contributed by atoms with van der Waals surface area (Å²) in [5.74, 6) is -0.211. The Hall–Kier alpha value is 0.140. The summed E-state index contributed by atoms with van der Waals surface area (Å²) in [4.78, 5) is 43.3. The van der Waals surface area contributed by atoms with Gasteiger partial charge in [-0.15, -0.1) is 0 Å². The fourth-order valence-electron chi connectivity index (χ4n) is 2.50. The van der Waals surface area contributed by atoms with Gasteiger partial charge in [-0.2, -0.15) is 4.98 Å². The van der Waals surface area contributed by atoms with Gasteiger partial charge < -0.3 is 39.6 Å². The van der Waals surface area contributed by atoms with Crippen LogP contribution >= 0.6 is 7.82 Å².